The highest BCUT2D eigenvalue weighted by molar-refractivity contribution is 5.21. The molecule has 0 amide bonds. The summed E-state index contributed by atoms with van der Waals surface area (Å²) in [5.41, 5.74) is 0. The van der Waals surface area contributed by atoms with E-state index in [9.17, 15) is 0 Å². The van der Waals surface area contributed by atoms with Crippen molar-refractivity contribution in [2.45, 2.75) is 32.8 Å². The molecule has 0 saturated heterocycles. The van der Waals surface area contributed by atoms with Crippen LogP contribution in [0.5, 0.6) is 5.95 Å². The first-order chi connectivity index (χ1) is 8.13. The Morgan fingerprint density at radius 3 is 2.71 bits per heavy atom. The van der Waals surface area contributed by atoms with Crippen LogP contribution in [0.3, 0.4) is 0 Å². The summed E-state index contributed by atoms with van der Waals surface area (Å²) in [4.78, 5) is 0. The van der Waals surface area contributed by atoms with Crippen LogP contribution in [0.15, 0.2) is 16.5 Å². The Morgan fingerprint density at radius 2 is 2.06 bits per heavy atom. The van der Waals surface area contributed by atoms with Gasteiger partial charge in [0.2, 0.25) is 0 Å². The van der Waals surface area contributed by atoms with E-state index in [0.717, 1.165) is 0 Å². The molecule has 4 heteroatoms. The first-order valence-electron chi connectivity index (χ1n) is 5.62. The van der Waals surface area contributed by atoms with Crippen LogP contribution in [0.1, 0.15) is 32.4 Å². The van der Waals surface area contributed by atoms with Crippen molar-refractivity contribution in [3.05, 3.63) is 17.9 Å². The number of aliphatic hydroxyl groups excluding tert-OH is 1. The highest BCUT2D eigenvalue weighted by Crippen LogP contribution is 2.22. The SMILES string of the molecule is CC(C)OCCOc1ccc(C(C)C#CO)o1. The summed E-state index contributed by atoms with van der Waals surface area (Å²) in [7, 11) is 0. The lowest BCUT2D eigenvalue weighted by Gasteiger charge is -2.07. The average molecular weight is 238 g/mol. The summed E-state index contributed by atoms with van der Waals surface area (Å²) in [5, 5.41) is 8.48. The zero-order chi connectivity index (χ0) is 12.7. The Morgan fingerprint density at radius 1 is 1.29 bits per heavy atom. The van der Waals surface area contributed by atoms with E-state index in [0.29, 0.717) is 24.9 Å². The van der Waals surface area contributed by atoms with E-state index in [2.05, 4.69) is 5.92 Å². The van der Waals surface area contributed by atoms with Gasteiger partial charge in [0.15, 0.2) is 0 Å². The first kappa shape index (κ1) is 13.5. The maximum atomic E-state index is 8.48. The number of rotatable bonds is 6. The summed E-state index contributed by atoms with van der Waals surface area (Å²) >= 11 is 0. The Labute approximate surface area is 102 Å². The summed E-state index contributed by atoms with van der Waals surface area (Å²) < 4.78 is 16.1. The topological polar surface area (TPSA) is 51.8 Å². The van der Waals surface area contributed by atoms with Crippen molar-refractivity contribution in [1.82, 2.24) is 0 Å². The third kappa shape index (κ3) is 4.83. The van der Waals surface area contributed by atoms with Crippen LogP contribution in [0.25, 0.3) is 0 Å². The molecule has 0 bridgehead atoms. The third-order valence-corrected chi connectivity index (χ3v) is 2.09. The first-order valence-corrected chi connectivity index (χ1v) is 5.62. The number of furan rings is 1. The number of ether oxygens (including phenoxy) is 2. The zero-order valence-electron chi connectivity index (χ0n) is 10.4. The predicted octanol–water partition coefficient (Wildman–Crippen LogP) is 2.52. The summed E-state index contributed by atoms with van der Waals surface area (Å²) in [6.45, 7) is 6.76. The molecule has 1 aromatic heterocycles. The molecule has 0 aromatic carbocycles. The lowest BCUT2D eigenvalue weighted by Crippen LogP contribution is -2.10. The van der Waals surface area contributed by atoms with E-state index in [1.54, 1.807) is 12.1 Å². The summed E-state index contributed by atoms with van der Waals surface area (Å²) in [5.74, 6) is 3.56. The molecule has 1 unspecified atom stereocenters. The smallest absolute Gasteiger partial charge is 0.284 e. The van der Waals surface area contributed by atoms with Crippen molar-refractivity contribution in [3.8, 4) is 18.0 Å². The standard InChI is InChI=1S/C13H18O4/c1-10(2)15-8-9-16-13-5-4-12(17-13)11(3)6-7-14/h4-5,10-11,14H,8-9H2,1-3H3. The molecular weight excluding hydrogens is 220 g/mol. The van der Waals surface area contributed by atoms with Crippen molar-refractivity contribution >= 4 is 0 Å². The van der Waals surface area contributed by atoms with Gasteiger partial charge in [-0.1, -0.05) is 0 Å². The lowest BCUT2D eigenvalue weighted by molar-refractivity contribution is 0.0492. The van der Waals surface area contributed by atoms with Gasteiger partial charge in [0, 0.05) is 6.07 Å². The fourth-order valence-electron chi connectivity index (χ4n) is 1.24. The maximum absolute atomic E-state index is 8.48. The second-order valence-corrected chi connectivity index (χ2v) is 3.90. The molecule has 0 aliphatic carbocycles. The number of aliphatic hydroxyl groups is 1. The summed E-state index contributed by atoms with van der Waals surface area (Å²) in [6.07, 6.45) is 2.07. The second kappa shape index (κ2) is 6.87. The van der Waals surface area contributed by atoms with Gasteiger partial charge in [-0.15, -0.1) is 0 Å². The predicted molar refractivity (Wildman–Crippen MR) is 63.4 cm³/mol. The van der Waals surface area contributed by atoms with Crippen LogP contribution in [0, 0.1) is 12.0 Å². The maximum Gasteiger partial charge on any atom is 0.284 e. The molecule has 1 N–H and O–H groups in total. The molecule has 0 aliphatic heterocycles. The third-order valence-electron chi connectivity index (χ3n) is 2.09. The van der Waals surface area contributed by atoms with Crippen LogP contribution in [-0.4, -0.2) is 24.4 Å². The normalized spacial score (nSPS) is 12.0. The van der Waals surface area contributed by atoms with Gasteiger partial charge in [-0.05, 0) is 32.8 Å². The van der Waals surface area contributed by atoms with Crippen molar-refractivity contribution in [2.24, 2.45) is 0 Å². The van der Waals surface area contributed by atoms with Gasteiger partial charge in [0.05, 0.1) is 18.6 Å². The Hall–Kier alpha value is -1.60. The van der Waals surface area contributed by atoms with Gasteiger partial charge in [0.25, 0.3) is 5.95 Å². The minimum absolute atomic E-state index is 0.149. The van der Waals surface area contributed by atoms with Crippen LogP contribution >= 0.6 is 0 Å². The van der Waals surface area contributed by atoms with E-state index in [1.165, 1.54) is 0 Å². The van der Waals surface area contributed by atoms with Crippen molar-refractivity contribution in [3.63, 3.8) is 0 Å². The zero-order valence-corrected chi connectivity index (χ0v) is 10.4. The fraction of sp³-hybridized carbons (Fsp3) is 0.538. The monoisotopic (exact) mass is 238 g/mol. The van der Waals surface area contributed by atoms with Gasteiger partial charge < -0.3 is 19.0 Å². The van der Waals surface area contributed by atoms with E-state index in [-0.39, 0.29) is 12.0 Å². The number of hydrogen-bond donors (Lipinski definition) is 1. The van der Waals surface area contributed by atoms with Gasteiger partial charge in [0.1, 0.15) is 18.5 Å². The summed E-state index contributed by atoms with van der Waals surface area (Å²) in [6, 6.07) is 3.52. The van der Waals surface area contributed by atoms with Gasteiger partial charge >= 0.3 is 0 Å². The average Bonchev–Trinajstić information content (AvgIpc) is 2.73. The molecule has 1 heterocycles. The Bertz CT molecular complexity index is 384. The lowest BCUT2D eigenvalue weighted by atomic mass is 10.1. The molecule has 1 rings (SSSR count). The molecule has 0 aliphatic rings. The van der Waals surface area contributed by atoms with Gasteiger partial charge in [-0.2, -0.15) is 0 Å². The molecule has 0 fully saturated rings. The van der Waals surface area contributed by atoms with E-state index in [1.807, 2.05) is 26.9 Å². The van der Waals surface area contributed by atoms with Gasteiger partial charge in [-0.3, -0.25) is 0 Å². The molecule has 0 radical (unpaired) electrons. The largest absolute Gasteiger partial charge is 0.463 e. The molecule has 1 aromatic rings. The fourth-order valence-corrected chi connectivity index (χ4v) is 1.24. The molecule has 0 saturated carbocycles. The minimum atomic E-state index is -0.149. The molecule has 1 atom stereocenters. The molecule has 94 valence electrons. The van der Waals surface area contributed by atoms with Crippen molar-refractivity contribution in [1.29, 1.82) is 0 Å². The van der Waals surface area contributed by atoms with Crippen LogP contribution < -0.4 is 4.74 Å². The van der Waals surface area contributed by atoms with E-state index < -0.39 is 0 Å². The van der Waals surface area contributed by atoms with E-state index >= 15 is 0 Å². The number of hydrogen-bond acceptors (Lipinski definition) is 4. The van der Waals surface area contributed by atoms with Crippen LogP contribution in [0.2, 0.25) is 0 Å². The molecule has 0 spiro atoms. The second-order valence-electron chi connectivity index (χ2n) is 3.90. The Kier molecular flexibility index (Phi) is 5.44. The highest BCUT2D eigenvalue weighted by Gasteiger charge is 2.08. The van der Waals surface area contributed by atoms with Gasteiger partial charge in [-0.25, -0.2) is 0 Å². The highest BCUT2D eigenvalue weighted by atomic mass is 16.6. The molecule has 17 heavy (non-hydrogen) atoms. The molecular formula is C13H18O4. The van der Waals surface area contributed by atoms with E-state index in [4.69, 9.17) is 19.0 Å². The van der Waals surface area contributed by atoms with Crippen LogP contribution in [-0.2, 0) is 4.74 Å². The Balaban J connectivity index is 2.37. The van der Waals surface area contributed by atoms with Crippen LogP contribution in [0.4, 0.5) is 0 Å². The minimum Gasteiger partial charge on any atom is -0.463 e. The quantitative estimate of drug-likeness (QED) is 0.611. The van der Waals surface area contributed by atoms with Crippen molar-refractivity contribution < 1.29 is 19.0 Å². The van der Waals surface area contributed by atoms with Crippen molar-refractivity contribution in [2.75, 3.05) is 13.2 Å². The molecule has 4 nitrogen and oxygen atoms in total.